The lowest BCUT2D eigenvalue weighted by molar-refractivity contribution is -0.142. The van der Waals surface area contributed by atoms with Crippen LogP contribution in [-0.4, -0.2) is 37.6 Å². The number of carbonyl (C=O) groups excluding carboxylic acids is 1. The molecule has 0 radical (unpaired) electrons. The molecule has 0 N–H and O–H groups in total. The maximum atomic E-state index is 11.9. The minimum Gasteiger partial charge on any atom is -0.467 e. The molecule has 1 atom stereocenters. The first-order chi connectivity index (χ1) is 12.2. The molecule has 3 aromatic heterocycles. The van der Waals surface area contributed by atoms with Crippen molar-refractivity contribution in [3.05, 3.63) is 48.7 Å². The molecule has 3 heterocycles. The Bertz CT molecular complexity index is 818. The van der Waals surface area contributed by atoms with E-state index >= 15 is 0 Å². The fourth-order valence-electron chi connectivity index (χ4n) is 2.25. The van der Waals surface area contributed by atoms with E-state index in [9.17, 15) is 4.79 Å². The van der Waals surface area contributed by atoms with Crippen molar-refractivity contribution >= 4 is 17.7 Å². The molecule has 0 aliphatic carbocycles. The van der Waals surface area contributed by atoms with Crippen molar-refractivity contribution in [3.63, 3.8) is 0 Å². The van der Waals surface area contributed by atoms with Gasteiger partial charge < -0.3 is 9.15 Å². The van der Waals surface area contributed by atoms with Crippen LogP contribution in [0.5, 0.6) is 0 Å². The number of rotatable bonds is 7. The number of esters is 1. The lowest BCUT2D eigenvalue weighted by Crippen LogP contribution is -2.17. The number of hydrogen-bond donors (Lipinski definition) is 0. The summed E-state index contributed by atoms with van der Waals surface area (Å²) in [6.07, 6.45) is 5.05. The number of thioether (sulfide) groups is 1. The molecule has 0 fully saturated rings. The first-order valence-corrected chi connectivity index (χ1v) is 8.76. The molecule has 8 heteroatoms. The summed E-state index contributed by atoms with van der Waals surface area (Å²) in [6, 6.07) is 7.47. The quantitative estimate of drug-likeness (QED) is 0.474. The van der Waals surface area contributed by atoms with Gasteiger partial charge in [-0.2, -0.15) is 0 Å². The van der Waals surface area contributed by atoms with Gasteiger partial charge in [-0.15, -0.1) is 10.2 Å². The van der Waals surface area contributed by atoms with Crippen LogP contribution < -0.4 is 0 Å². The zero-order chi connectivity index (χ0) is 17.6. The number of hydrogen-bond acceptors (Lipinski definition) is 7. The van der Waals surface area contributed by atoms with Crippen LogP contribution in [0.4, 0.5) is 0 Å². The Labute approximate surface area is 149 Å². The summed E-state index contributed by atoms with van der Waals surface area (Å²) < 4.78 is 12.4. The van der Waals surface area contributed by atoms with Crippen LogP contribution in [0.25, 0.3) is 11.4 Å². The van der Waals surface area contributed by atoms with E-state index in [1.54, 1.807) is 32.5 Å². The molecule has 0 aliphatic heterocycles. The maximum absolute atomic E-state index is 11.9. The third-order valence-corrected chi connectivity index (χ3v) is 4.49. The summed E-state index contributed by atoms with van der Waals surface area (Å²) in [4.78, 5) is 16.1. The molecule has 0 aromatic carbocycles. The fourth-order valence-corrected chi connectivity index (χ4v) is 3.10. The van der Waals surface area contributed by atoms with Crippen molar-refractivity contribution in [2.24, 2.45) is 0 Å². The molecule has 0 aliphatic rings. The van der Waals surface area contributed by atoms with Gasteiger partial charge in [-0.1, -0.05) is 11.8 Å². The molecule has 0 bridgehead atoms. The predicted molar refractivity (Wildman–Crippen MR) is 93.0 cm³/mol. The number of carbonyl (C=O) groups is 1. The second-order valence-corrected chi connectivity index (χ2v) is 6.53. The van der Waals surface area contributed by atoms with Crippen molar-refractivity contribution in [2.75, 3.05) is 6.61 Å². The van der Waals surface area contributed by atoms with E-state index in [0.717, 1.165) is 11.3 Å². The van der Waals surface area contributed by atoms with Crippen molar-refractivity contribution in [1.29, 1.82) is 0 Å². The maximum Gasteiger partial charge on any atom is 0.319 e. The molecular weight excluding hydrogens is 340 g/mol. The molecule has 3 aromatic rings. The van der Waals surface area contributed by atoms with Crippen LogP contribution >= 0.6 is 11.8 Å². The van der Waals surface area contributed by atoms with Crippen LogP contribution in [0.15, 0.2) is 52.5 Å². The zero-order valence-corrected chi connectivity index (χ0v) is 14.8. The van der Waals surface area contributed by atoms with Gasteiger partial charge in [0.15, 0.2) is 11.0 Å². The number of ether oxygens (including phenoxy) is 1. The monoisotopic (exact) mass is 358 g/mol. The Hall–Kier alpha value is -2.61. The van der Waals surface area contributed by atoms with Gasteiger partial charge in [-0.05, 0) is 38.1 Å². The Balaban J connectivity index is 1.92. The van der Waals surface area contributed by atoms with Crippen LogP contribution in [0.2, 0.25) is 0 Å². The SMILES string of the molecule is CCOC(=O)[C@@H](C)Sc1nnc(-c2cccnc2)n1Cc1ccco1. The van der Waals surface area contributed by atoms with Crippen LogP contribution in [-0.2, 0) is 16.1 Å². The number of furan rings is 1. The molecule has 130 valence electrons. The van der Waals surface area contributed by atoms with E-state index in [2.05, 4.69) is 15.2 Å². The minimum absolute atomic E-state index is 0.275. The zero-order valence-electron chi connectivity index (χ0n) is 14.0. The molecule has 0 unspecified atom stereocenters. The molecule has 7 nitrogen and oxygen atoms in total. The average molecular weight is 358 g/mol. The van der Waals surface area contributed by atoms with E-state index in [4.69, 9.17) is 9.15 Å². The van der Waals surface area contributed by atoms with Gasteiger partial charge in [-0.25, -0.2) is 0 Å². The van der Waals surface area contributed by atoms with E-state index in [1.165, 1.54) is 11.8 Å². The number of aromatic nitrogens is 4. The number of pyridine rings is 1. The van der Waals surface area contributed by atoms with Gasteiger partial charge in [0.25, 0.3) is 0 Å². The van der Waals surface area contributed by atoms with Gasteiger partial charge in [0.2, 0.25) is 0 Å². The van der Waals surface area contributed by atoms with Gasteiger partial charge in [-0.3, -0.25) is 14.3 Å². The van der Waals surface area contributed by atoms with Crippen LogP contribution in [0.3, 0.4) is 0 Å². The third kappa shape index (κ3) is 4.08. The van der Waals surface area contributed by atoms with Gasteiger partial charge >= 0.3 is 5.97 Å². The highest BCUT2D eigenvalue weighted by molar-refractivity contribution is 8.00. The lowest BCUT2D eigenvalue weighted by atomic mass is 10.2. The van der Waals surface area contributed by atoms with E-state index in [0.29, 0.717) is 24.1 Å². The molecular formula is C17H18N4O3S. The summed E-state index contributed by atoms with van der Waals surface area (Å²) in [5, 5.41) is 8.77. The Morgan fingerprint density at radius 1 is 1.36 bits per heavy atom. The van der Waals surface area contributed by atoms with E-state index < -0.39 is 0 Å². The van der Waals surface area contributed by atoms with Crippen LogP contribution in [0, 0.1) is 0 Å². The fraction of sp³-hybridized carbons (Fsp3) is 0.294. The van der Waals surface area contributed by atoms with Crippen molar-refractivity contribution in [3.8, 4) is 11.4 Å². The third-order valence-electron chi connectivity index (χ3n) is 3.43. The molecule has 3 rings (SSSR count). The minimum atomic E-state index is -0.388. The molecule has 0 spiro atoms. The number of nitrogens with zero attached hydrogens (tertiary/aromatic N) is 4. The van der Waals surface area contributed by atoms with Gasteiger partial charge in [0, 0.05) is 18.0 Å². The smallest absolute Gasteiger partial charge is 0.319 e. The lowest BCUT2D eigenvalue weighted by Gasteiger charge is -2.12. The van der Waals surface area contributed by atoms with Crippen molar-refractivity contribution in [1.82, 2.24) is 19.7 Å². The summed E-state index contributed by atoms with van der Waals surface area (Å²) in [5.41, 5.74) is 0.845. The van der Waals surface area contributed by atoms with Crippen molar-refractivity contribution < 1.29 is 13.9 Å². The normalized spacial score (nSPS) is 12.1. The van der Waals surface area contributed by atoms with Crippen molar-refractivity contribution in [2.45, 2.75) is 30.8 Å². The largest absolute Gasteiger partial charge is 0.467 e. The first kappa shape index (κ1) is 17.2. The molecule has 0 saturated carbocycles. The van der Waals surface area contributed by atoms with Gasteiger partial charge in [0.1, 0.15) is 11.0 Å². The highest BCUT2D eigenvalue weighted by atomic mass is 32.2. The van der Waals surface area contributed by atoms with Gasteiger partial charge in [0.05, 0.1) is 19.4 Å². The summed E-state index contributed by atoms with van der Waals surface area (Å²) in [6.45, 7) is 4.39. The van der Waals surface area contributed by atoms with E-state index in [1.807, 2.05) is 28.8 Å². The molecule has 0 amide bonds. The Kier molecular flexibility index (Phi) is 5.49. The molecule has 25 heavy (non-hydrogen) atoms. The Morgan fingerprint density at radius 2 is 2.24 bits per heavy atom. The second-order valence-electron chi connectivity index (χ2n) is 5.23. The second kappa shape index (κ2) is 7.98. The summed E-state index contributed by atoms with van der Waals surface area (Å²) >= 11 is 1.31. The predicted octanol–water partition coefficient (Wildman–Crippen LogP) is 3.03. The molecule has 0 saturated heterocycles. The first-order valence-electron chi connectivity index (χ1n) is 7.88. The average Bonchev–Trinajstić information content (AvgIpc) is 3.27. The standard InChI is InChI=1S/C17H18N4O3S/c1-3-23-16(22)12(2)25-17-20-19-15(13-6-4-8-18-10-13)21(17)11-14-7-5-9-24-14/h4-10,12H,3,11H2,1-2H3/t12-/m1/s1. The van der Waals surface area contributed by atoms with E-state index in [-0.39, 0.29) is 11.2 Å². The van der Waals surface area contributed by atoms with Crippen LogP contribution in [0.1, 0.15) is 19.6 Å². The highest BCUT2D eigenvalue weighted by Gasteiger charge is 2.22. The summed E-state index contributed by atoms with van der Waals surface area (Å²) in [7, 11) is 0. The Morgan fingerprint density at radius 3 is 2.92 bits per heavy atom. The summed E-state index contributed by atoms with van der Waals surface area (Å²) in [5.74, 6) is 1.17. The topological polar surface area (TPSA) is 83.0 Å². The highest BCUT2D eigenvalue weighted by Crippen LogP contribution is 2.28.